The lowest BCUT2D eigenvalue weighted by Crippen LogP contribution is -2.39. The van der Waals surface area contributed by atoms with Crippen molar-refractivity contribution in [1.82, 2.24) is 14.5 Å². The second-order valence-corrected chi connectivity index (χ2v) is 6.25. The van der Waals surface area contributed by atoms with E-state index in [1.165, 1.54) is 0 Å². The molecule has 2 aromatic rings. The van der Waals surface area contributed by atoms with Crippen LogP contribution in [0.4, 0.5) is 0 Å². The Labute approximate surface area is 118 Å². The van der Waals surface area contributed by atoms with Crippen molar-refractivity contribution in [2.45, 2.75) is 25.3 Å². The van der Waals surface area contributed by atoms with E-state index >= 15 is 0 Å². The summed E-state index contributed by atoms with van der Waals surface area (Å²) in [4.78, 5) is 7.70. The lowest BCUT2D eigenvalue weighted by molar-refractivity contribution is 0.0105. The normalized spacial score (nSPS) is 24.6. The van der Waals surface area contributed by atoms with Gasteiger partial charge >= 0.3 is 0 Å². The van der Waals surface area contributed by atoms with E-state index in [4.69, 9.17) is 17.0 Å². The average molecular weight is 328 g/mol. The van der Waals surface area contributed by atoms with Crippen LogP contribution in [0.15, 0.2) is 16.7 Å². The van der Waals surface area contributed by atoms with Crippen LogP contribution in [0.3, 0.4) is 0 Å². The Balaban J connectivity index is 2.22. The number of hydrogen-bond donors (Lipinski definition) is 1. The molecule has 1 unspecified atom stereocenters. The lowest BCUT2D eigenvalue weighted by atomic mass is 9.94. The first-order valence-corrected chi connectivity index (χ1v) is 7.15. The van der Waals surface area contributed by atoms with Crippen molar-refractivity contribution in [2.24, 2.45) is 0 Å². The standard InChI is InChI=1S/C12H14BrN3OS/c1-12(3-2-4-17-7-12)16-10-9(15-11(16)18)5-8(13)6-14-10/h5-6H,2-4,7H2,1H3,(H,15,18). The summed E-state index contributed by atoms with van der Waals surface area (Å²) in [6.07, 6.45) is 3.92. The number of nitrogens with one attached hydrogen (secondary N) is 1. The SMILES string of the molecule is CC1(n2c(=S)[nH]c3cc(Br)cnc32)CCCOC1. The van der Waals surface area contributed by atoms with Gasteiger partial charge in [0.25, 0.3) is 0 Å². The molecule has 1 saturated heterocycles. The number of rotatable bonds is 1. The third-order valence-electron chi connectivity index (χ3n) is 3.45. The van der Waals surface area contributed by atoms with E-state index in [-0.39, 0.29) is 5.54 Å². The number of imidazole rings is 1. The Morgan fingerprint density at radius 2 is 2.44 bits per heavy atom. The van der Waals surface area contributed by atoms with Crippen molar-refractivity contribution < 1.29 is 4.74 Å². The molecule has 1 fully saturated rings. The molecule has 1 aliphatic rings. The first-order chi connectivity index (χ1) is 8.60. The smallest absolute Gasteiger partial charge is 0.179 e. The van der Waals surface area contributed by atoms with Crippen LogP contribution in [-0.2, 0) is 10.3 Å². The average Bonchev–Trinajstić information content (AvgIpc) is 2.65. The van der Waals surface area contributed by atoms with Crippen molar-refractivity contribution in [3.05, 3.63) is 21.5 Å². The number of ether oxygens (including phenoxy) is 1. The predicted octanol–water partition coefficient (Wildman–Crippen LogP) is 3.38. The maximum absolute atomic E-state index is 5.62. The molecule has 0 aromatic carbocycles. The molecule has 0 spiro atoms. The van der Waals surface area contributed by atoms with Gasteiger partial charge in [0, 0.05) is 17.3 Å². The molecular formula is C12H14BrN3OS. The second-order valence-electron chi connectivity index (χ2n) is 4.94. The van der Waals surface area contributed by atoms with Crippen LogP contribution in [0.1, 0.15) is 19.8 Å². The zero-order valence-electron chi connectivity index (χ0n) is 10.1. The van der Waals surface area contributed by atoms with Crippen LogP contribution in [0, 0.1) is 4.77 Å². The predicted molar refractivity (Wildman–Crippen MR) is 76.3 cm³/mol. The minimum Gasteiger partial charge on any atom is -0.379 e. The Hall–Kier alpha value is -0.720. The minimum absolute atomic E-state index is 0.103. The van der Waals surface area contributed by atoms with Gasteiger partial charge < -0.3 is 9.72 Å². The van der Waals surface area contributed by atoms with Crippen LogP contribution in [0.25, 0.3) is 11.2 Å². The Bertz CT molecular complexity index is 642. The molecule has 6 heteroatoms. The molecule has 0 aliphatic carbocycles. The van der Waals surface area contributed by atoms with Crippen molar-refractivity contribution in [3.63, 3.8) is 0 Å². The summed E-state index contributed by atoms with van der Waals surface area (Å²) in [5.74, 6) is 0. The van der Waals surface area contributed by atoms with Gasteiger partial charge in [-0.1, -0.05) is 0 Å². The monoisotopic (exact) mass is 327 g/mol. The number of fused-ring (bicyclic) bond motifs is 1. The van der Waals surface area contributed by atoms with E-state index in [0.29, 0.717) is 11.4 Å². The lowest BCUT2D eigenvalue weighted by Gasteiger charge is -2.34. The molecule has 4 nitrogen and oxygen atoms in total. The first kappa shape index (κ1) is 12.3. The minimum atomic E-state index is -0.103. The number of aromatic nitrogens is 3. The second kappa shape index (κ2) is 4.43. The van der Waals surface area contributed by atoms with Crippen molar-refractivity contribution >= 4 is 39.3 Å². The fourth-order valence-electron chi connectivity index (χ4n) is 2.57. The topological polar surface area (TPSA) is 42.8 Å². The molecule has 1 aliphatic heterocycles. The third-order valence-corrected chi connectivity index (χ3v) is 4.16. The molecule has 0 bridgehead atoms. The van der Waals surface area contributed by atoms with Gasteiger partial charge in [0.1, 0.15) is 0 Å². The van der Waals surface area contributed by atoms with Gasteiger partial charge in [0.2, 0.25) is 0 Å². The van der Waals surface area contributed by atoms with Crippen molar-refractivity contribution in [3.8, 4) is 0 Å². The highest BCUT2D eigenvalue weighted by Gasteiger charge is 2.32. The summed E-state index contributed by atoms with van der Waals surface area (Å²) in [5.41, 5.74) is 1.76. The summed E-state index contributed by atoms with van der Waals surface area (Å²) in [7, 11) is 0. The van der Waals surface area contributed by atoms with E-state index in [0.717, 1.165) is 35.1 Å². The van der Waals surface area contributed by atoms with Gasteiger partial charge in [-0.15, -0.1) is 0 Å². The zero-order valence-corrected chi connectivity index (χ0v) is 12.5. The van der Waals surface area contributed by atoms with Crippen LogP contribution >= 0.6 is 28.1 Å². The van der Waals surface area contributed by atoms with Crippen LogP contribution in [0.5, 0.6) is 0 Å². The molecule has 3 rings (SSSR count). The highest BCUT2D eigenvalue weighted by atomic mass is 79.9. The Morgan fingerprint density at radius 3 is 3.17 bits per heavy atom. The molecule has 96 valence electrons. The molecule has 0 saturated carbocycles. The summed E-state index contributed by atoms with van der Waals surface area (Å²) >= 11 is 8.87. The third kappa shape index (κ3) is 1.92. The first-order valence-electron chi connectivity index (χ1n) is 5.95. The van der Waals surface area contributed by atoms with Gasteiger partial charge in [0.05, 0.1) is 17.7 Å². The Morgan fingerprint density at radius 1 is 1.61 bits per heavy atom. The zero-order chi connectivity index (χ0) is 12.8. The van der Waals surface area contributed by atoms with Crippen LogP contribution in [-0.4, -0.2) is 27.7 Å². The molecule has 3 heterocycles. The summed E-state index contributed by atoms with van der Waals surface area (Å²) in [6.45, 7) is 3.70. The van der Waals surface area contributed by atoms with Crippen LogP contribution in [0.2, 0.25) is 0 Å². The van der Waals surface area contributed by atoms with E-state index in [2.05, 4.69) is 37.4 Å². The van der Waals surface area contributed by atoms with Gasteiger partial charge in [-0.3, -0.25) is 4.57 Å². The largest absolute Gasteiger partial charge is 0.379 e. The van der Waals surface area contributed by atoms with Gasteiger partial charge in [-0.2, -0.15) is 0 Å². The molecule has 0 amide bonds. The van der Waals surface area contributed by atoms with Gasteiger partial charge in [-0.05, 0) is 54.0 Å². The number of hydrogen-bond acceptors (Lipinski definition) is 3. The van der Waals surface area contributed by atoms with E-state index in [1.54, 1.807) is 6.20 Å². The summed E-state index contributed by atoms with van der Waals surface area (Å²) < 4.78 is 9.38. The van der Waals surface area contributed by atoms with Gasteiger partial charge in [0.15, 0.2) is 10.4 Å². The fraction of sp³-hybridized carbons (Fsp3) is 0.500. The highest BCUT2D eigenvalue weighted by Crippen LogP contribution is 2.30. The quantitative estimate of drug-likeness (QED) is 0.816. The Kier molecular flexibility index (Phi) is 3.03. The molecule has 2 aromatic heterocycles. The van der Waals surface area contributed by atoms with Crippen LogP contribution < -0.4 is 0 Å². The molecule has 0 radical (unpaired) electrons. The number of pyridine rings is 1. The molecular weight excluding hydrogens is 314 g/mol. The van der Waals surface area contributed by atoms with Crippen molar-refractivity contribution in [1.29, 1.82) is 0 Å². The number of H-pyrrole nitrogens is 1. The summed E-state index contributed by atoms with van der Waals surface area (Å²) in [5, 5.41) is 0. The molecule has 1 N–H and O–H groups in total. The van der Waals surface area contributed by atoms with Gasteiger partial charge in [-0.25, -0.2) is 4.98 Å². The summed E-state index contributed by atoms with van der Waals surface area (Å²) in [6, 6.07) is 2.00. The fourth-order valence-corrected chi connectivity index (χ4v) is 3.31. The maximum atomic E-state index is 5.62. The number of halogens is 1. The molecule has 1 atom stereocenters. The maximum Gasteiger partial charge on any atom is 0.179 e. The molecule has 18 heavy (non-hydrogen) atoms. The van der Waals surface area contributed by atoms with Crippen molar-refractivity contribution in [2.75, 3.05) is 13.2 Å². The van der Waals surface area contributed by atoms with E-state index in [1.807, 2.05) is 6.07 Å². The highest BCUT2D eigenvalue weighted by molar-refractivity contribution is 9.10. The van der Waals surface area contributed by atoms with E-state index < -0.39 is 0 Å². The number of aromatic amines is 1. The van der Waals surface area contributed by atoms with E-state index in [9.17, 15) is 0 Å². The number of nitrogens with zero attached hydrogens (tertiary/aromatic N) is 2.